The second-order valence-corrected chi connectivity index (χ2v) is 5.11. The lowest BCUT2D eigenvalue weighted by atomic mass is 10.2. The van der Waals surface area contributed by atoms with Gasteiger partial charge in [-0.2, -0.15) is 0 Å². The molecule has 1 aromatic carbocycles. The van der Waals surface area contributed by atoms with Crippen LogP contribution in [0, 0.1) is 0 Å². The zero-order valence-corrected chi connectivity index (χ0v) is 13.1. The molecule has 0 unspecified atom stereocenters. The zero-order valence-electron chi connectivity index (χ0n) is 13.1. The van der Waals surface area contributed by atoms with E-state index in [9.17, 15) is 9.59 Å². The Balaban J connectivity index is 1.88. The monoisotopic (exact) mass is 316 g/mol. The molecule has 0 N–H and O–H groups in total. The van der Waals surface area contributed by atoms with E-state index in [0.717, 1.165) is 18.4 Å². The first-order valence-electron chi connectivity index (χ1n) is 7.63. The Hall–Kier alpha value is -2.56. The van der Waals surface area contributed by atoms with Gasteiger partial charge >= 0.3 is 5.97 Å². The topological polar surface area (TPSA) is 65.7 Å². The molecule has 0 aliphatic heterocycles. The van der Waals surface area contributed by atoms with Gasteiger partial charge in [-0.25, -0.2) is 0 Å². The van der Waals surface area contributed by atoms with Crippen molar-refractivity contribution in [2.45, 2.75) is 39.4 Å². The molecule has 2 rings (SSSR count). The van der Waals surface area contributed by atoms with Crippen LogP contribution in [0.1, 0.15) is 37.5 Å². The lowest BCUT2D eigenvalue weighted by molar-refractivity contribution is -0.145. The van der Waals surface area contributed by atoms with Crippen molar-refractivity contribution in [2.24, 2.45) is 0 Å². The lowest BCUT2D eigenvalue weighted by Crippen LogP contribution is -2.10. The summed E-state index contributed by atoms with van der Waals surface area (Å²) in [7, 11) is 0. The predicted molar refractivity (Wildman–Crippen MR) is 85.1 cm³/mol. The van der Waals surface area contributed by atoms with E-state index in [1.54, 1.807) is 0 Å². The van der Waals surface area contributed by atoms with Gasteiger partial charge in [-0.05, 0) is 12.0 Å². The van der Waals surface area contributed by atoms with Crippen LogP contribution in [0.2, 0.25) is 0 Å². The molecular weight excluding hydrogens is 296 g/mol. The van der Waals surface area contributed by atoms with Gasteiger partial charge in [-0.1, -0.05) is 43.7 Å². The van der Waals surface area contributed by atoms with Gasteiger partial charge in [-0.3, -0.25) is 9.59 Å². The summed E-state index contributed by atoms with van der Waals surface area (Å²) in [6.07, 6.45) is 3.34. The van der Waals surface area contributed by atoms with Crippen LogP contribution in [0.5, 0.6) is 5.75 Å². The molecule has 0 bridgehead atoms. The molecule has 5 nitrogen and oxygen atoms in total. The summed E-state index contributed by atoms with van der Waals surface area (Å²) >= 11 is 0. The highest BCUT2D eigenvalue weighted by atomic mass is 16.5. The van der Waals surface area contributed by atoms with Crippen molar-refractivity contribution in [3.8, 4) is 5.75 Å². The van der Waals surface area contributed by atoms with Crippen LogP contribution in [-0.4, -0.2) is 5.97 Å². The van der Waals surface area contributed by atoms with Crippen molar-refractivity contribution < 1.29 is 18.7 Å². The molecule has 0 fully saturated rings. The molecule has 0 spiro atoms. The molecule has 2 aromatic rings. The van der Waals surface area contributed by atoms with Gasteiger partial charge in [0.25, 0.3) is 0 Å². The molecular formula is C18H20O5. The Morgan fingerprint density at radius 3 is 2.65 bits per heavy atom. The molecule has 1 heterocycles. The van der Waals surface area contributed by atoms with Crippen molar-refractivity contribution in [3.63, 3.8) is 0 Å². The van der Waals surface area contributed by atoms with Gasteiger partial charge < -0.3 is 13.9 Å². The maximum absolute atomic E-state index is 12.0. The third-order valence-electron chi connectivity index (χ3n) is 3.20. The summed E-state index contributed by atoms with van der Waals surface area (Å²) in [5, 5.41) is 0. The number of carbonyl (C=O) groups excluding carboxylic acids is 1. The molecule has 0 aliphatic rings. The Labute approximate surface area is 134 Å². The van der Waals surface area contributed by atoms with Gasteiger partial charge in [0.2, 0.25) is 11.2 Å². The highest BCUT2D eigenvalue weighted by molar-refractivity contribution is 5.69. The van der Waals surface area contributed by atoms with Crippen molar-refractivity contribution in [1.29, 1.82) is 0 Å². The van der Waals surface area contributed by atoms with Crippen LogP contribution < -0.4 is 10.2 Å². The summed E-state index contributed by atoms with van der Waals surface area (Å²) in [5.74, 6) is 0.140. The van der Waals surface area contributed by atoms with E-state index >= 15 is 0 Å². The second kappa shape index (κ2) is 8.78. The molecule has 0 saturated heterocycles. The Bertz CT molecular complexity index is 675. The zero-order chi connectivity index (χ0) is 16.5. The minimum atomic E-state index is -0.299. The SMILES string of the molecule is CCCCC(=O)OCc1cc(=O)c(OCc2ccccc2)co1. The number of benzene rings is 1. The van der Waals surface area contributed by atoms with Gasteiger partial charge in [-0.15, -0.1) is 0 Å². The van der Waals surface area contributed by atoms with Gasteiger partial charge in [0.1, 0.15) is 25.2 Å². The smallest absolute Gasteiger partial charge is 0.306 e. The largest absolute Gasteiger partial charge is 0.482 e. The molecule has 0 atom stereocenters. The van der Waals surface area contributed by atoms with Crippen LogP contribution in [0.3, 0.4) is 0 Å². The van der Waals surface area contributed by atoms with Crippen molar-refractivity contribution in [3.05, 3.63) is 64.2 Å². The fourth-order valence-electron chi connectivity index (χ4n) is 1.90. The number of hydrogen-bond donors (Lipinski definition) is 0. The van der Waals surface area contributed by atoms with Crippen molar-refractivity contribution >= 4 is 5.97 Å². The molecule has 122 valence electrons. The first-order chi connectivity index (χ1) is 11.2. The number of hydrogen-bond acceptors (Lipinski definition) is 5. The first-order valence-corrected chi connectivity index (χ1v) is 7.63. The van der Waals surface area contributed by atoms with E-state index in [4.69, 9.17) is 13.9 Å². The molecule has 0 aliphatic carbocycles. The summed E-state index contributed by atoms with van der Waals surface area (Å²) in [4.78, 5) is 23.4. The summed E-state index contributed by atoms with van der Waals surface area (Å²) in [6.45, 7) is 2.24. The van der Waals surface area contributed by atoms with E-state index in [1.165, 1.54) is 12.3 Å². The van der Waals surface area contributed by atoms with Gasteiger partial charge in [0.15, 0.2) is 0 Å². The summed E-state index contributed by atoms with van der Waals surface area (Å²) < 4.78 is 15.8. The fraction of sp³-hybridized carbons (Fsp3) is 0.333. The average molecular weight is 316 g/mol. The minimum absolute atomic E-state index is 0.0449. The van der Waals surface area contributed by atoms with E-state index in [1.807, 2.05) is 37.3 Å². The Kier molecular flexibility index (Phi) is 6.41. The van der Waals surface area contributed by atoms with E-state index in [2.05, 4.69) is 0 Å². The fourth-order valence-corrected chi connectivity index (χ4v) is 1.90. The summed E-state index contributed by atoms with van der Waals surface area (Å²) in [5.41, 5.74) is 0.660. The molecule has 0 saturated carbocycles. The minimum Gasteiger partial charge on any atom is -0.482 e. The summed E-state index contributed by atoms with van der Waals surface area (Å²) in [6, 6.07) is 10.8. The Morgan fingerprint density at radius 1 is 1.17 bits per heavy atom. The maximum atomic E-state index is 12.0. The van der Waals surface area contributed by atoms with Crippen LogP contribution in [0.4, 0.5) is 0 Å². The molecule has 0 radical (unpaired) electrons. The van der Waals surface area contributed by atoms with Crippen molar-refractivity contribution in [2.75, 3.05) is 0 Å². The number of ether oxygens (including phenoxy) is 2. The third-order valence-corrected chi connectivity index (χ3v) is 3.20. The number of rotatable bonds is 8. The number of esters is 1. The molecule has 23 heavy (non-hydrogen) atoms. The van der Waals surface area contributed by atoms with Crippen LogP contribution >= 0.6 is 0 Å². The first kappa shape index (κ1) is 16.8. The lowest BCUT2D eigenvalue weighted by Gasteiger charge is -2.07. The normalized spacial score (nSPS) is 10.3. The van der Waals surface area contributed by atoms with Crippen LogP contribution in [0.15, 0.2) is 51.9 Å². The standard InChI is InChI=1S/C18H20O5/c1-2-3-9-18(20)23-12-15-10-16(19)17(13-21-15)22-11-14-7-5-4-6-8-14/h4-8,10,13H,2-3,9,11-12H2,1H3. The third kappa shape index (κ3) is 5.62. The molecule has 5 heteroatoms. The van der Waals surface area contributed by atoms with Gasteiger partial charge in [0.05, 0.1) is 0 Å². The van der Waals surface area contributed by atoms with E-state index < -0.39 is 0 Å². The van der Waals surface area contributed by atoms with Gasteiger partial charge in [0, 0.05) is 12.5 Å². The second-order valence-electron chi connectivity index (χ2n) is 5.11. The maximum Gasteiger partial charge on any atom is 0.306 e. The van der Waals surface area contributed by atoms with Crippen molar-refractivity contribution in [1.82, 2.24) is 0 Å². The number of unbranched alkanes of at least 4 members (excludes halogenated alkanes) is 1. The Morgan fingerprint density at radius 2 is 1.96 bits per heavy atom. The predicted octanol–water partition coefficient (Wildman–Crippen LogP) is 3.45. The molecule has 0 amide bonds. The molecule has 1 aromatic heterocycles. The van der Waals surface area contributed by atoms with E-state index in [0.29, 0.717) is 12.2 Å². The van der Waals surface area contributed by atoms with Crippen LogP contribution in [0.25, 0.3) is 0 Å². The number of carbonyl (C=O) groups is 1. The highest BCUT2D eigenvalue weighted by Crippen LogP contribution is 2.10. The van der Waals surface area contributed by atoms with Crippen LogP contribution in [-0.2, 0) is 22.7 Å². The quantitative estimate of drug-likeness (QED) is 0.698. The average Bonchev–Trinajstić information content (AvgIpc) is 2.58. The highest BCUT2D eigenvalue weighted by Gasteiger charge is 2.08. The van der Waals surface area contributed by atoms with E-state index in [-0.39, 0.29) is 30.4 Å².